The first-order chi connectivity index (χ1) is 13.8. The Morgan fingerprint density at radius 1 is 0.897 bits per heavy atom. The fourth-order valence-corrected chi connectivity index (χ4v) is 8.97. The minimum absolute atomic E-state index is 0.372. The summed E-state index contributed by atoms with van der Waals surface area (Å²) in [6, 6.07) is 3.61. The van der Waals surface area contributed by atoms with Gasteiger partial charge in [-0.25, -0.2) is 8.42 Å². The number of rotatable bonds is 4. The lowest BCUT2D eigenvalue weighted by atomic mass is 9.52. The Bertz CT molecular complexity index is 868. The van der Waals surface area contributed by atoms with Crippen LogP contribution in [0.15, 0.2) is 17.0 Å². The second-order valence-corrected chi connectivity index (χ2v) is 12.0. The van der Waals surface area contributed by atoms with Crippen LogP contribution in [-0.4, -0.2) is 56.5 Å². The van der Waals surface area contributed by atoms with Crippen LogP contribution in [-0.2, 0) is 10.0 Å². The fourth-order valence-electron chi connectivity index (χ4n) is 7.26. The standard InChI is InChI=1S/C23H34N2O3S/c1-16-9-22(17(2)8-21(16)28-3)29(26,27)25-6-4-24(5-7-25)23-13-18-10-19(14-23)12-20(11-18)15-23/h8-9,18-20H,4-7,10-15H2,1-3H3. The van der Waals surface area contributed by atoms with Crippen molar-refractivity contribution < 1.29 is 13.2 Å². The van der Waals surface area contributed by atoms with Crippen molar-refractivity contribution >= 4 is 10.0 Å². The van der Waals surface area contributed by atoms with E-state index in [0.717, 1.165) is 47.7 Å². The van der Waals surface area contributed by atoms with Gasteiger partial charge in [-0.2, -0.15) is 4.31 Å². The monoisotopic (exact) mass is 418 g/mol. The second-order valence-electron chi connectivity index (χ2n) is 10.1. The van der Waals surface area contributed by atoms with Crippen molar-refractivity contribution in [2.75, 3.05) is 33.3 Å². The molecule has 5 aliphatic rings. The minimum atomic E-state index is -3.47. The van der Waals surface area contributed by atoms with Crippen molar-refractivity contribution in [3.8, 4) is 5.75 Å². The smallest absolute Gasteiger partial charge is 0.243 e. The molecule has 0 atom stereocenters. The topological polar surface area (TPSA) is 49.9 Å². The van der Waals surface area contributed by atoms with Crippen molar-refractivity contribution in [1.82, 2.24) is 9.21 Å². The van der Waals surface area contributed by atoms with Gasteiger partial charge < -0.3 is 4.74 Å². The molecule has 4 bridgehead atoms. The highest BCUT2D eigenvalue weighted by Gasteiger charge is 2.54. The van der Waals surface area contributed by atoms with Crippen molar-refractivity contribution in [2.45, 2.75) is 62.8 Å². The van der Waals surface area contributed by atoms with Crippen molar-refractivity contribution in [2.24, 2.45) is 17.8 Å². The summed E-state index contributed by atoms with van der Waals surface area (Å²) in [6.45, 7) is 6.73. The summed E-state index contributed by atoms with van der Waals surface area (Å²) >= 11 is 0. The Balaban J connectivity index is 1.32. The minimum Gasteiger partial charge on any atom is -0.496 e. The van der Waals surface area contributed by atoms with Gasteiger partial charge in [-0.3, -0.25) is 4.90 Å². The molecule has 1 saturated heterocycles. The lowest BCUT2D eigenvalue weighted by Crippen LogP contribution is -2.64. The molecule has 6 heteroatoms. The van der Waals surface area contributed by atoms with Crippen LogP contribution in [0.4, 0.5) is 0 Å². The molecule has 0 unspecified atom stereocenters. The van der Waals surface area contributed by atoms with E-state index >= 15 is 0 Å². The average Bonchev–Trinajstić information content (AvgIpc) is 2.68. The van der Waals surface area contributed by atoms with Gasteiger partial charge in [0.2, 0.25) is 10.0 Å². The van der Waals surface area contributed by atoms with E-state index in [1.165, 1.54) is 38.5 Å². The molecule has 0 amide bonds. The van der Waals surface area contributed by atoms with E-state index in [1.807, 2.05) is 19.9 Å². The molecule has 0 N–H and O–H groups in total. The van der Waals surface area contributed by atoms with Crippen LogP contribution in [0.2, 0.25) is 0 Å². The lowest BCUT2D eigenvalue weighted by Gasteiger charge is -2.61. The van der Waals surface area contributed by atoms with Crippen LogP contribution in [0.1, 0.15) is 49.7 Å². The van der Waals surface area contributed by atoms with E-state index in [9.17, 15) is 8.42 Å². The average molecular weight is 419 g/mol. The van der Waals surface area contributed by atoms with Crippen LogP contribution in [0, 0.1) is 31.6 Å². The number of hydrogen-bond donors (Lipinski definition) is 0. The van der Waals surface area contributed by atoms with Gasteiger partial charge in [-0.15, -0.1) is 0 Å². The molecular formula is C23H34N2O3S. The summed E-state index contributed by atoms with van der Waals surface area (Å²) in [6.07, 6.45) is 8.39. The van der Waals surface area contributed by atoms with Gasteiger partial charge in [0.15, 0.2) is 0 Å². The molecule has 5 nitrogen and oxygen atoms in total. The van der Waals surface area contributed by atoms with Crippen LogP contribution in [0.5, 0.6) is 5.75 Å². The summed E-state index contributed by atoms with van der Waals surface area (Å²) in [4.78, 5) is 3.11. The molecule has 1 heterocycles. The first-order valence-electron chi connectivity index (χ1n) is 11.2. The largest absolute Gasteiger partial charge is 0.496 e. The normalized spacial score (nSPS) is 35.2. The SMILES string of the molecule is COc1cc(C)c(S(=O)(=O)N2CCN(C34CC5CC(CC(C5)C3)C4)CC2)cc1C. The molecule has 5 fully saturated rings. The van der Waals surface area contributed by atoms with Crippen LogP contribution in [0.25, 0.3) is 0 Å². The second kappa shape index (κ2) is 6.96. The van der Waals surface area contributed by atoms with E-state index in [1.54, 1.807) is 17.5 Å². The molecule has 0 spiro atoms. The molecule has 4 aliphatic carbocycles. The third-order valence-electron chi connectivity index (χ3n) is 8.23. The Hall–Kier alpha value is -1.11. The van der Waals surface area contributed by atoms with E-state index in [-0.39, 0.29) is 0 Å². The predicted octanol–water partition coefficient (Wildman–Crippen LogP) is 3.59. The highest BCUT2D eigenvalue weighted by atomic mass is 32.2. The maximum atomic E-state index is 13.4. The molecule has 0 radical (unpaired) electrons. The molecule has 29 heavy (non-hydrogen) atoms. The van der Waals surface area contributed by atoms with E-state index in [4.69, 9.17) is 4.74 Å². The number of hydrogen-bond acceptors (Lipinski definition) is 4. The summed E-state index contributed by atoms with van der Waals surface area (Å²) in [7, 11) is -1.84. The predicted molar refractivity (Wildman–Crippen MR) is 114 cm³/mol. The number of nitrogens with zero attached hydrogens (tertiary/aromatic N) is 2. The third kappa shape index (κ3) is 3.22. The zero-order valence-corrected chi connectivity index (χ0v) is 18.8. The van der Waals surface area contributed by atoms with Gasteiger partial charge in [0.25, 0.3) is 0 Å². The molecule has 1 aromatic rings. The Morgan fingerprint density at radius 3 is 1.97 bits per heavy atom. The van der Waals surface area contributed by atoms with Gasteiger partial charge in [0.1, 0.15) is 5.75 Å². The Labute approximate surface area is 175 Å². The lowest BCUT2D eigenvalue weighted by molar-refractivity contribution is -0.0964. The van der Waals surface area contributed by atoms with Crippen LogP contribution < -0.4 is 4.74 Å². The molecule has 6 rings (SSSR count). The molecule has 1 aromatic carbocycles. The number of piperazine rings is 1. The molecule has 4 saturated carbocycles. The molecular weight excluding hydrogens is 384 g/mol. The maximum Gasteiger partial charge on any atom is 0.243 e. The van der Waals surface area contributed by atoms with E-state index in [2.05, 4.69) is 4.90 Å². The number of ether oxygens (including phenoxy) is 1. The van der Waals surface area contributed by atoms with Crippen LogP contribution >= 0.6 is 0 Å². The van der Waals surface area contributed by atoms with Gasteiger partial charge in [-0.1, -0.05) is 0 Å². The summed E-state index contributed by atoms with van der Waals surface area (Å²) in [5, 5.41) is 0. The van der Waals surface area contributed by atoms with Gasteiger partial charge in [-0.05, 0) is 93.4 Å². The van der Waals surface area contributed by atoms with E-state index < -0.39 is 10.0 Å². The quantitative estimate of drug-likeness (QED) is 0.750. The van der Waals surface area contributed by atoms with E-state index in [0.29, 0.717) is 23.5 Å². The van der Waals surface area contributed by atoms with Crippen molar-refractivity contribution in [3.63, 3.8) is 0 Å². The third-order valence-corrected chi connectivity index (χ3v) is 10.3. The van der Waals surface area contributed by atoms with Crippen LogP contribution in [0.3, 0.4) is 0 Å². The first-order valence-corrected chi connectivity index (χ1v) is 12.7. The van der Waals surface area contributed by atoms with Gasteiger partial charge >= 0.3 is 0 Å². The number of sulfonamides is 1. The summed E-state index contributed by atoms with van der Waals surface area (Å²) in [5.74, 6) is 3.52. The molecule has 160 valence electrons. The highest BCUT2D eigenvalue weighted by molar-refractivity contribution is 7.89. The number of benzene rings is 1. The molecule has 0 aromatic heterocycles. The Morgan fingerprint density at radius 2 is 1.45 bits per heavy atom. The number of aryl methyl sites for hydroxylation is 2. The summed E-state index contributed by atoms with van der Waals surface area (Å²) < 4.78 is 33.8. The zero-order chi connectivity index (χ0) is 20.4. The number of methoxy groups -OCH3 is 1. The zero-order valence-electron chi connectivity index (χ0n) is 18.0. The van der Waals surface area contributed by atoms with Crippen molar-refractivity contribution in [3.05, 3.63) is 23.3 Å². The maximum absolute atomic E-state index is 13.4. The highest BCUT2D eigenvalue weighted by Crippen LogP contribution is 2.57. The van der Waals surface area contributed by atoms with Gasteiger partial charge in [0, 0.05) is 31.7 Å². The molecule has 1 aliphatic heterocycles. The van der Waals surface area contributed by atoms with Crippen molar-refractivity contribution in [1.29, 1.82) is 0 Å². The summed E-state index contributed by atoms with van der Waals surface area (Å²) in [5.41, 5.74) is 2.00. The first kappa shape index (κ1) is 19.8. The fraction of sp³-hybridized carbons (Fsp3) is 0.739. The van der Waals surface area contributed by atoms with Gasteiger partial charge in [0.05, 0.1) is 12.0 Å². The Kier molecular flexibility index (Phi) is 4.76.